The fourth-order valence-corrected chi connectivity index (χ4v) is 3.55. The number of benzene rings is 2. The van der Waals surface area contributed by atoms with Crippen molar-refractivity contribution in [1.29, 1.82) is 0 Å². The van der Waals surface area contributed by atoms with Crippen LogP contribution in [0.1, 0.15) is 11.1 Å². The molecule has 1 heterocycles. The number of hydrogen-bond donors (Lipinski definition) is 0. The molecule has 3 rings (SSSR count). The van der Waals surface area contributed by atoms with Crippen LogP contribution < -0.4 is 18.9 Å². The zero-order valence-corrected chi connectivity index (χ0v) is 17.2. The maximum Gasteiger partial charge on any atom is 0.127 e. The Kier molecular flexibility index (Phi) is 7.01. The SMILES string of the molecule is COc1ccc(CN2CCN(Cc3ccc(OC)cc3OC)CC2)c(OC)c1. The molecule has 1 aliphatic rings. The largest absolute Gasteiger partial charge is 0.497 e. The second kappa shape index (κ2) is 9.66. The van der Waals surface area contributed by atoms with Crippen molar-refractivity contribution in [2.75, 3.05) is 54.6 Å². The van der Waals surface area contributed by atoms with E-state index < -0.39 is 0 Å². The summed E-state index contributed by atoms with van der Waals surface area (Å²) in [4.78, 5) is 4.93. The van der Waals surface area contributed by atoms with Crippen molar-refractivity contribution in [1.82, 2.24) is 9.80 Å². The Balaban J connectivity index is 1.56. The van der Waals surface area contributed by atoms with Crippen molar-refractivity contribution in [3.63, 3.8) is 0 Å². The van der Waals surface area contributed by atoms with Crippen LogP contribution in [-0.2, 0) is 13.1 Å². The van der Waals surface area contributed by atoms with Crippen molar-refractivity contribution in [2.45, 2.75) is 13.1 Å². The van der Waals surface area contributed by atoms with Crippen LogP contribution in [-0.4, -0.2) is 64.4 Å². The average molecular weight is 386 g/mol. The van der Waals surface area contributed by atoms with Crippen molar-refractivity contribution < 1.29 is 18.9 Å². The molecule has 0 bridgehead atoms. The fraction of sp³-hybridized carbons (Fsp3) is 0.455. The molecule has 28 heavy (non-hydrogen) atoms. The Morgan fingerprint density at radius 2 is 1.00 bits per heavy atom. The second-order valence-electron chi connectivity index (χ2n) is 6.91. The van der Waals surface area contributed by atoms with E-state index in [-0.39, 0.29) is 0 Å². The lowest BCUT2D eigenvalue weighted by Crippen LogP contribution is -2.45. The average Bonchev–Trinajstić information content (AvgIpc) is 2.75. The molecule has 0 amide bonds. The molecule has 2 aromatic carbocycles. The Morgan fingerprint density at radius 1 is 0.607 bits per heavy atom. The number of piperazine rings is 1. The number of methoxy groups -OCH3 is 4. The molecule has 0 radical (unpaired) electrons. The van der Waals surface area contributed by atoms with Gasteiger partial charge in [0.1, 0.15) is 23.0 Å². The van der Waals surface area contributed by atoms with Crippen LogP contribution >= 0.6 is 0 Å². The van der Waals surface area contributed by atoms with Crippen molar-refractivity contribution in [3.05, 3.63) is 47.5 Å². The molecule has 0 spiro atoms. The van der Waals surface area contributed by atoms with Gasteiger partial charge in [-0.1, -0.05) is 12.1 Å². The predicted molar refractivity (Wildman–Crippen MR) is 110 cm³/mol. The predicted octanol–water partition coefficient (Wildman–Crippen LogP) is 3.04. The maximum absolute atomic E-state index is 5.53. The van der Waals surface area contributed by atoms with Crippen LogP contribution in [0.5, 0.6) is 23.0 Å². The zero-order chi connectivity index (χ0) is 19.9. The Bertz CT molecular complexity index is 708. The third kappa shape index (κ3) is 4.88. The standard InChI is InChI=1S/C22H30N2O4/c1-25-19-7-5-17(21(13-19)27-3)15-23-9-11-24(12-10-23)16-18-6-8-20(26-2)14-22(18)28-4/h5-8,13-14H,9-12,15-16H2,1-4H3. The van der Waals surface area contributed by atoms with E-state index in [2.05, 4.69) is 21.9 Å². The van der Waals surface area contributed by atoms with E-state index in [1.54, 1.807) is 28.4 Å². The minimum absolute atomic E-state index is 0.818. The van der Waals surface area contributed by atoms with Gasteiger partial charge in [0.25, 0.3) is 0 Å². The van der Waals surface area contributed by atoms with Crippen LogP contribution in [0.4, 0.5) is 0 Å². The van der Waals surface area contributed by atoms with Crippen LogP contribution in [0.15, 0.2) is 36.4 Å². The quantitative estimate of drug-likeness (QED) is 0.695. The molecule has 6 nitrogen and oxygen atoms in total. The van der Waals surface area contributed by atoms with E-state index in [0.717, 1.165) is 62.3 Å². The van der Waals surface area contributed by atoms with Crippen LogP contribution in [0.25, 0.3) is 0 Å². The highest BCUT2D eigenvalue weighted by atomic mass is 16.5. The van der Waals surface area contributed by atoms with Crippen molar-refractivity contribution >= 4 is 0 Å². The topological polar surface area (TPSA) is 43.4 Å². The fourth-order valence-electron chi connectivity index (χ4n) is 3.55. The summed E-state index contributed by atoms with van der Waals surface area (Å²) < 4.78 is 21.6. The molecule has 0 saturated carbocycles. The molecule has 1 aliphatic heterocycles. The molecule has 1 saturated heterocycles. The molecule has 0 N–H and O–H groups in total. The van der Waals surface area contributed by atoms with E-state index in [1.807, 2.05) is 24.3 Å². The normalized spacial score (nSPS) is 15.3. The number of nitrogens with zero attached hydrogens (tertiary/aromatic N) is 2. The summed E-state index contributed by atoms with van der Waals surface area (Å²) in [5.41, 5.74) is 2.38. The maximum atomic E-state index is 5.53. The molecule has 152 valence electrons. The number of rotatable bonds is 8. The van der Waals surface area contributed by atoms with Crippen molar-refractivity contribution in [3.8, 4) is 23.0 Å². The molecule has 0 aliphatic carbocycles. The lowest BCUT2D eigenvalue weighted by Gasteiger charge is -2.35. The van der Waals surface area contributed by atoms with E-state index >= 15 is 0 Å². The van der Waals surface area contributed by atoms with Gasteiger partial charge in [0.05, 0.1) is 28.4 Å². The number of ether oxygens (including phenoxy) is 4. The smallest absolute Gasteiger partial charge is 0.127 e. The highest BCUT2D eigenvalue weighted by Crippen LogP contribution is 2.28. The minimum atomic E-state index is 0.818. The summed E-state index contributed by atoms with van der Waals surface area (Å²) in [6.45, 7) is 5.85. The Morgan fingerprint density at radius 3 is 1.32 bits per heavy atom. The lowest BCUT2D eigenvalue weighted by molar-refractivity contribution is 0.120. The molecular weight excluding hydrogens is 356 g/mol. The summed E-state index contributed by atoms with van der Waals surface area (Å²) in [6.07, 6.45) is 0. The van der Waals surface area contributed by atoms with Gasteiger partial charge < -0.3 is 18.9 Å². The third-order valence-electron chi connectivity index (χ3n) is 5.24. The summed E-state index contributed by atoms with van der Waals surface area (Å²) in [5, 5.41) is 0. The van der Waals surface area contributed by atoms with E-state index in [1.165, 1.54) is 11.1 Å². The van der Waals surface area contributed by atoms with E-state index in [9.17, 15) is 0 Å². The number of hydrogen-bond acceptors (Lipinski definition) is 6. The van der Waals surface area contributed by atoms with E-state index in [4.69, 9.17) is 18.9 Å². The van der Waals surface area contributed by atoms with Crippen molar-refractivity contribution in [2.24, 2.45) is 0 Å². The first-order chi connectivity index (χ1) is 13.7. The first-order valence-corrected chi connectivity index (χ1v) is 9.53. The highest BCUT2D eigenvalue weighted by molar-refractivity contribution is 5.41. The van der Waals surface area contributed by atoms with Gasteiger partial charge in [-0.05, 0) is 12.1 Å². The first-order valence-electron chi connectivity index (χ1n) is 9.53. The first kappa shape index (κ1) is 20.3. The summed E-state index contributed by atoms with van der Waals surface area (Å²) in [6, 6.07) is 12.1. The molecule has 0 unspecified atom stereocenters. The Hall–Kier alpha value is -2.44. The van der Waals surface area contributed by atoms with Gasteiger partial charge in [-0.25, -0.2) is 0 Å². The van der Waals surface area contributed by atoms with Crippen LogP contribution in [0, 0.1) is 0 Å². The van der Waals surface area contributed by atoms with Gasteiger partial charge >= 0.3 is 0 Å². The van der Waals surface area contributed by atoms with Gasteiger partial charge in [-0.3, -0.25) is 9.80 Å². The summed E-state index contributed by atoms with van der Waals surface area (Å²) >= 11 is 0. The molecule has 2 aromatic rings. The molecule has 6 heteroatoms. The highest BCUT2D eigenvalue weighted by Gasteiger charge is 2.19. The van der Waals surface area contributed by atoms with Gasteiger partial charge in [-0.2, -0.15) is 0 Å². The molecule has 1 fully saturated rings. The van der Waals surface area contributed by atoms with E-state index in [0.29, 0.717) is 0 Å². The van der Waals surface area contributed by atoms with Crippen LogP contribution in [0.3, 0.4) is 0 Å². The molecule has 0 atom stereocenters. The second-order valence-corrected chi connectivity index (χ2v) is 6.91. The summed E-state index contributed by atoms with van der Waals surface area (Å²) in [7, 11) is 6.76. The van der Waals surface area contributed by atoms with Gasteiger partial charge in [0.15, 0.2) is 0 Å². The molecule has 0 aromatic heterocycles. The lowest BCUT2D eigenvalue weighted by atomic mass is 10.1. The zero-order valence-electron chi connectivity index (χ0n) is 17.2. The monoisotopic (exact) mass is 386 g/mol. The van der Waals surface area contributed by atoms with Gasteiger partial charge in [-0.15, -0.1) is 0 Å². The summed E-state index contributed by atoms with van der Waals surface area (Å²) in [5.74, 6) is 3.40. The molecular formula is C22H30N2O4. The van der Waals surface area contributed by atoms with Crippen LogP contribution in [0.2, 0.25) is 0 Å². The van der Waals surface area contributed by atoms with Gasteiger partial charge in [0, 0.05) is 62.5 Å². The third-order valence-corrected chi connectivity index (χ3v) is 5.24. The Labute approximate surface area is 167 Å². The minimum Gasteiger partial charge on any atom is -0.497 e. The van der Waals surface area contributed by atoms with Gasteiger partial charge in [0.2, 0.25) is 0 Å².